The first-order valence-electron chi connectivity index (χ1n) is 10.5. The lowest BCUT2D eigenvalue weighted by Crippen LogP contribution is -2.84. The smallest absolute Gasteiger partial charge is 0.484 e. The molecule has 4 aliphatic carbocycles. The molecule has 1 aromatic carbocycles. The highest BCUT2D eigenvalue weighted by Gasteiger charge is 2.74. The summed E-state index contributed by atoms with van der Waals surface area (Å²) in [6.07, 6.45) is -4.74. The van der Waals surface area contributed by atoms with Crippen LogP contribution in [-0.2, 0) is 24.0 Å². The maximum atomic E-state index is 12.6. The van der Waals surface area contributed by atoms with Gasteiger partial charge in [0, 0.05) is 22.6 Å². The number of nitrogens with one attached hydrogen (secondary N) is 1. The molecule has 1 amide bonds. The molecule has 0 radical (unpaired) electrons. The van der Waals surface area contributed by atoms with E-state index in [2.05, 4.69) is 10.1 Å². The third kappa shape index (κ3) is 4.43. The predicted octanol–water partition coefficient (Wildman–Crippen LogP) is 2.77. The minimum atomic E-state index is -4.70. The van der Waals surface area contributed by atoms with Crippen LogP contribution in [0.4, 0.5) is 13.2 Å². The minimum absolute atomic E-state index is 0.105. The van der Waals surface area contributed by atoms with Crippen LogP contribution in [0.1, 0.15) is 32.1 Å². The quantitative estimate of drug-likeness (QED) is 0.606. The number of rotatable bonds is 7. The van der Waals surface area contributed by atoms with Crippen molar-refractivity contribution in [2.75, 3.05) is 13.2 Å². The molecule has 0 aromatic heterocycles. The molecule has 0 spiro atoms. The Kier molecular flexibility index (Phi) is 5.41. The molecule has 1 aliphatic heterocycles. The van der Waals surface area contributed by atoms with Crippen molar-refractivity contribution < 1.29 is 40.0 Å². The van der Waals surface area contributed by atoms with Crippen molar-refractivity contribution in [1.82, 2.24) is 9.62 Å². The van der Waals surface area contributed by atoms with Gasteiger partial charge < -0.3 is 10.1 Å². The molecule has 0 unspecified atom stereocenters. The van der Waals surface area contributed by atoms with Gasteiger partial charge in [-0.2, -0.15) is 12.7 Å². The number of nitrogens with zero attached hydrogens (tertiary/aromatic N) is 1. The van der Waals surface area contributed by atoms with E-state index in [9.17, 15) is 26.4 Å². The fourth-order valence-corrected chi connectivity index (χ4v) is 7.25. The van der Waals surface area contributed by atoms with Crippen molar-refractivity contribution in [2.24, 2.45) is 5.92 Å². The number of halogens is 4. The van der Waals surface area contributed by atoms with Gasteiger partial charge in [0.05, 0.1) is 12.2 Å². The van der Waals surface area contributed by atoms with Gasteiger partial charge in [-0.15, -0.1) is 13.2 Å². The highest BCUT2D eigenvalue weighted by Crippen LogP contribution is 2.65. The highest BCUT2D eigenvalue weighted by atomic mass is 35.5. The van der Waals surface area contributed by atoms with E-state index in [1.54, 1.807) is 24.3 Å². The van der Waals surface area contributed by atoms with E-state index in [0.717, 1.165) is 0 Å². The van der Waals surface area contributed by atoms with Crippen molar-refractivity contribution in [3.63, 3.8) is 0 Å². The number of hydrogen-bond acceptors (Lipinski definition) is 6. The average molecular weight is 511 g/mol. The van der Waals surface area contributed by atoms with Gasteiger partial charge in [0.15, 0.2) is 6.61 Å². The number of hydrogen-bond donors (Lipinski definition) is 1. The van der Waals surface area contributed by atoms with E-state index in [-0.39, 0.29) is 37.8 Å². The Morgan fingerprint density at radius 2 is 1.85 bits per heavy atom. The fraction of sp³-hybridized carbons (Fsp3) is 0.650. The van der Waals surface area contributed by atoms with Gasteiger partial charge in [0.2, 0.25) is 0 Å². The molecule has 8 nitrogen and oxygen atoms in total. The average Bonchev–Trinajstić information content (AvgIpc) is 2.93. The van der Waals surface area contributed by atoms with Crippen molar-refractivity contribution >= 4 is 27.8 Å². The Balaban J connectivity index is 1.10. The first kappa shape index (κ1) is 23.2. The van der Waals surface area contributed by atoms with Crippen LogP contribution in [0.2, 0.25) is 5.02 Å². The van der Waals surface area contributed by atoms with Crippen LogP contribution in [0.3, 0.4) is 0 Å². The Morgan fingerprint density at radius 1 is 1.21 bits per heavy atom. The number of ether oxygens (including phenoxy) is 2. The lowest BCUT2D eigenvalue weighted by molar-refractivity contribution is -0.355. The Morgan fingerprint density at radius 3 is 2.45 bits per heavy atom. The first-order valence-corrected chi connectivity index (χ1v) is 12.3. The molecule has 13 heteroatoms. The molecular formula is C20H22ClF3N2O6S. The molecule has 5 aliphatic rings. The predicted molar refractivity (Wildman–Crippen MR) is 109 cm³/mol. The van der Waals surface area contributed by atoms with Crippen molar-refractivity contribution in [1.29, 1.82) is 0 Å². The van der Waals surface area contributed by atoms with E-state index in [1.165, 1.54) is 4.31 Å². The van der Waals surface area contributed by atoms with Crippen LogP contribution in [0.15, 0.2) is 24.3 Å². The molecule has 1 aromatic rings. The Hall–Kier alpha value is -1.60. The van der Waals surface area contributed by atoms with Crippen LogP contribution < -0.4 is 10.1 Å². The fourth-order valence-electron chi connectivity index (χ4n) is 5.49. The molecular weight excluding hydrogens is 489 g/mol. The summed E-state index contributed by atoms with van der Waals surface area (Å²) in [5, 5.41) is 3.48. The summed E-state index contributed by atoms with van der Waals surface area (Å²) in [5.41, 5.74) is -1.07. The van der Waals surface area contributed by atoms with Gasteiger partial charge in [0.1, 0.15) is 5.75 Å². The maximum absolute atomic E-state index is 12.6. The molecule has 6 rings (SSSR count). The molecule has 1 N–H and O–H groups in total. The molecule has 1 saturated heterocycles. The lowest BCUT2D eigenvalue weighted by Gasteiger charge is -2.72. The van der Waals surface area contributed by atoms with Gasteiger partial charge in [-0.25, -0.2) is 0 Å². The number of alkyl halides is 3. The number of carbonyl (C=O) groups is 1. The van der Waals surface area contributed by atoms with Crippen molar-refractivity contribution in [3.05, 3.63) is 29.3 Å². The second-order valence-electron chi connectivity index (χ2n) is 9.37. The first-order chi connectivity index (χ1) is 15.4. The van der Waals surface area contributed by atoms with Crippen molar-refractivity contribution in [3.8, 4) is 5.75 Å². The second-order valence-corrected chi connectivity index (χ2v) is 11.3. The summed E-state index contributed by atoms with van der Waals surface area (Å²) in [6.45, 7) is -0.0676. The molecule has 1 heterocycles. The summed E-state index contributed by atoms with van der Waals surface area (Å²) < 4.78 is 78.1. The van der Waals surface area contributed by atoms with Crippen LogP contribution in [-0.4, -0.2) is 61.4 Å². The lowest BCUT2D eigenvalue weighted by atomic mass is 9.44. The zero-order chi connectivity index (χ0) is 23.6. The van der Waals surface area contributed by atoms with Gasteiger partial charge in [-0.3, -0.25) is 13.7 Å². The Bertz CT molecular complexity index is 1030. The summed E-state index contributed by atoms with van der Waals surface area (Å²) in [5.74, 6) is -0.0983. The molecule has 5 fully saturated rings. The highest BCUT2D eigenvalue weighted by molar-refractivity contribution is 7.84. The van der Waals surface area contributed by atoms with E-state index in [1.807, 2.05) is 0 Å². The zero-order valence-corrected chi connectivity index (χ0v) is 18.9. The van der Waals surface area contributed by atoms with Gasteiger partial charge in [-0.05, 0) is 62.3 Å². The van der Waals surface area contributed by atoms with Crippen LogP contribution >= 0.6 is 11.6 Å². The third-order valence-electron chi connectivity index (χ3n) is 6.94. The van der Waals surface area contributed by atoms with E-state index in [0.29, 0.717) is 30.0 Å². The van der Waals surface area contributed by atoms with Crippen LogP contribution in [0, 0.1) is 5.92 Å². The summed E-state index contributed by atoms with van der Waals surface area (Å²) in [7, 11) is -3.97. The summed E-state index contributed by atoms with van der Waals surface area (Å²) in [4.78, 5) is 12.3. The molecule has 4 saturated carbocycles. The van der Waals surface area contributed by atoms with Crippen LogP contribution in [0.25, 0.3) is 0 Å². The number of amides is 1. The largest absolute Gasteiger partial charge is 0.522 e. The summed E-state index contributed by atoms with van der Waals surface area (Å²) in [6, 6.07) is 6.61. The number of carbonyl (C=O) groups excluding carboxylic acids is 1. The topological polar surface area (TPSA) is 94.2 Å². The van der Waals surface area contributed by atoms with Gasteiger partial charge in [-0.1, -0.05) is 11.6 Å². The standard InChI is InChI=1S/C20H22ClF3N2O6S/c21-13-1-3-14(4-2-13)30-8-17(27)25-18-9-19(10-18,11-18)26-7-16(32-33(26,28)29)12-5-15(6-12)31-20(22,23)24/h1-4,12,15-16H,5-11H2,(H,25,27)/t12?,15?,16-,18?,19?/m1/s1. The number of benzene rings is 1. The molecule has 182 valence electrons. The Labute approximate surface area is 193 Å². The van der Waals surface area contributed by atoms with E-state index < -0.39 is 40.0 Å². The second kappa shape index (κ2) is 7.70. The van der Waals surface area contributed by atoms with Crippen molar-refractivity contribution in [2.45, 2.75) is 61.8 Å². The van der Waals surface area contributed by atoms with E-state index in [4.69, 9.17) is 20.5 Å². The van der Waals surface area contributed by atoms with E-state index >= 15 is 0 Å². The monoisotopic (exact) mass is 510 g/mol. The molecule has 2 bridgehead atoms. The minimum Gasteiger partial charge on any atom is -0.484 e. The SMILES string of the molecule is O=C(COc1ccc(Cl)cc1)NC12CC(N3C[C@H](C4CC(OC(F)(F)F)C4)OS3(=O)=O)(C1)C2. The molecule has 1 atom stereocenters. The zero-order valence-electron chi connectivity index (χ0n) is 17.3. The molecule has 33 heavy (non-hydrogen) atoms. The summed E-state index contributed by atoms with van der Waals surface area (Å²) >= 11 is 5.81. The third-order valence-corrected chi connectivity index (χ3v) is 8.76. The van der Waals surface area contributed by atoms with Gasteiger partial charge >= 0.3 is 16.7 Å². The maximum Gasteiger partial charge on any atom is 0.522 e. The normalized spacial score (nSPS) is 36.9. The van der Waals surface area contributed by atoms with Crippen LogP contribution in [0.5, 0.6) is 5.75 Å². The van der Waals surface area contributed by atoms with Gasteiger partial charge in [0.25, 0.3) is 5.91 Å².